The van der Waals surface area contributed by atoms with Crippen LogP contribution in [0.5, 0.6) is 0 Å². The van der Waals surface area contributed by atoms with Crippen molar-refractivity contribution in [2.24, 2.45) is 5.92 Å². The van der Waals surface area contributed by atoms with Gasteiger partial charge in [0, 0.05) is 26.1 Å². The number of carbonyl (C=O) groups is 2. The van der Waals surface area contributed by atoms with Crippen LogP contribution in [0, 0.1) is 11.7 Å². The molecule has 126 valence electrons. The van der Waals surface area contributed by atoms with Crippen molar-refractivity contribution in [3.63, 3.8) is 0 Å². The first-order valence-electron chi connectivity index (χ1n) is 7.37. The molecule has 6 nitrogen and oxygen atoms in total. The Bertz CT molecular complexity index is 688. The molecule has 1 aliphatic heterocycles. The van der Waals surface area contributed by atoms with E-state index in [9.17, 15) is 22.4 Å². The number of hydrogen-bond donors (Lipinski definition) is 1. The number of nitrogens with zero attached hydrogens (tertiary/aromatic N) is 1. The lowest BCUT2D eigenvalue weighted by Crippen LogP contribution is -2.35. The predicted molar refractivity (Wildman–Crippen MR) is 81.8 cm³/mol. The molecule has 1 unspecified atom stereocenters. The van der Waals surface area contributed by atoms with Crippen molar-refractivity contribution in [2.45, 2.75) is 18.2 Å². The summed E-state index contributed by atoms with van der Waals surface area (Å²) in [5.41, 5.74) is 0. The maximum absolute atomic E-state index is 12.8. The third-order valence-corrected chi connectivity index (χ3v) is 5.54. The number of carbonyl (C=O) groups excluding carboxylic acids is 2. The molecule has 0 aromatic heterocycles. The van der Waals surface area contributed by atoms with Gasteiger partial charge in [0.15, 0.2) is 9.84 Å². The second kappa shape index (κ2) is 7.08. The smallest absolute Gasteiger partial charge is 0.225 e. The van der Waals surface area contributed by atoms with Crippen molar-refractivity contribution in [3.05, 3.63) is 30.1 Å². The first-order chi connectivity index (χ1) is 10.8. The van der Waals surface area contributed by atoms with Gasteiger partial charge < -0.3 is 10.2 Å². The third-order valence-electron chi connectivity index (χ3n) is 3.81. The van der Waals surface area contributed by atoms with Crippen LogP contribution in [-0.2, 0) is 19.4 Å². The Morgan fingerprint density at radius 3 is 2.57 bits per heavy atom. The summed E-state index contributed by atoms with van der Waals surface area (Å²) in [6.45, 7) is 2.72. The van der Waals surface area contributed by atoms with Gasteiger partial charge in [-0.2, -0.15) is 0 Å². The van der Waals surface area contributed by atoms with E-state index in [0.717, 1.165) is 12.1 Å². The summed E-state index contributed by atoms with van der Waals surface area (Å²) in [5, 5.41) is 2.56. The van der Waals surface area contributed by atoms with E-state index in [4.69, 9.17) is 0 Å². The molecule has 1 N–H and O–H groups in total. The summed E-state index contributed by atoms with van der Waals surface area (Å²) in [6.07, 6.45) is 0.157. The number of nitrogens with one attached hydrogen (secondary N) is 1. The van der Waals surface area contributed by atoms with Gasteiger partial charge in [0.1, 0.15) is 5.82 Å². The van der Waals surface area contributed by atoms with Crippen LogP contribution in [0.25, 0.3) is 0 Å². The van der Waals surface area contributed by atoms with Gasteiger partial charge in [0.2, 0.25) is 11.8 Å². The molecule has 2 rings (SSSR count). The minimum atomic E-state index is -3.58. The highest BCUT2D eigenvalue weighted by atomic mass is 32.2. The number of halogens is 1. The highest BCUT2D eigenvalue weighted by Crippen LogP contribution is 2.17. The van der Waals surface area contributed by atoms with Crippen LogP contribution in [0.4, 0.5) is 4.39 Å². The van der Waals surface area contributed by atoms with E-state index in [1.54, 1.807) is 4.90 Å². The Balaban J connectivity index is 1.86. The lowest BCUT2D eigenvalue weighted by Gasteiger charge is -2.13. The number of benzene rings is 1. The van der Waals surface area contributed by atoms with Gasteiger partial charge in [-0.15, -0.1) is 0 Å². The Morgan fingerprint density at radius 2 is 2.00 bits per heavy atom. The fraction of sp³-hybridized carbons (Fsp3) is 0.467. The summed E-state index contributed by atoms with van der Waals surface area (Å²) in [4.78, 5) is 25.2. The molecule has 1 aromatic carbocycles. The number of likely N-dealkylation sites (tertiary alicyclic amines) is 1. The Morgan fingerprint density at radius 1 is 1.35 bits per heavy atom. The molecule has 1 fully saturated rings. The average molecular weight is 342 g/mol. The van der Waals surface area contributed by atoms with E-state index in [-0.39, 0.29) is 35.4 Å². The molecule has 0 saturated carbocycles. The molecule has 1 saturated heterocycles. The molecule has 8 heteroatoms. The predicted octanol–water partition coefficient (Wildman–Crippen LogP) is 0.584. The van der Waals surface area contributed by atoms with Crippen LogP contribution >= 0.6 is 0 Å². The molecule has 1 aliphatic rings. The molecule has 0 aliphatic carbocycles. The molecule has 0 spiro atoms. The second-order valence-corrected chi connectivity index (χ2v) is 7.51. The number of rotatable bonds is 6. The highest BCUT2D eigenvalue weighted by molar-refractivity contribution is 7.91. The summed E-state index contributed by atoms with van der Waals surface area (Å²) in [5.74, 6) is -1.60. The summed E-state index contributed by atoms with van der Waals surface area (Å²) in [7, 11) is -3.58. The summed E-state index contributed by atoms with van der Waals surface area (Å²) in [6, 6.07) is 4.55. The molecule has 1 atom stereocenters. The molecule has 0 radical (unpaired) electrons. The van der Waals surface area contributed by atoms with Gasteiger partial charge in [-0.25, -0.2) is 12.8 Å². The topological polar surface area (TPSA) is 83.6 Å². The van der Waals surface area contributed by atoms with Crippen molar-refractivity contribution in [3.8, 4) is 0 Å². The molecule has 2 amide bonds. The normalized spacial score (nSPS) is 18.3. The Kier molecular flexibility index (Phi) is 5.35. The van der Waals surface area contributed by atoms with Crippen molar-refractivity contribution in [2.75, 3.05) is 25.4 Å². The Hall–Kier alpha value is -1.96. The first kappa shape index (κ1) is 17.4. The molecular weight excluding hydrogens is 323 g/mol. The quantitative estimate of drug-likeness (QED) is 0.767. The van der Waals surface area contributed by atoms with Crippen LogP contribution in [0.1, 0.15) is 13.3 Å². The first-order valence-corrected chi connectivity index (χ1v) is 9.02. The van der Waals surface area contributed by atoms with Crippen LogP contribution < -0.4 is 5.32 Å². The number of sulfone groups is 1. The van der Waals surface area contributed by atoms with Crippen LogP contribution in [0.3, 0.4) is 0 Å². The van der Waals surface area contributed by atoms with E-state index in [1.807, 2.05) is 6.92 Å². The molecule has 0 bridgehead atoms. The lowest BCUT2D eigenvalue weighted by molar-refractivity contribution is -0.128. The second-order valence-electron chi connectivity index (χ2n) is 5.40. The monoisotopic (exact) mass is 342 g/mol. The maximum Gasteiger partial charge on any atom is 0.225 e. The molecule has 1 aromatic rings. The zero-order valence-electron chi connectivity index (χ0n) is 12.8. The SMILES string of the molecule is CCN1CC(C(=O)NCCS(=O)(=O)c2ccc(F)cc2)CC1=O. The van der Waals surface area contributed by atoms with Crippen LogP contribution in [0.2, 0.25) is 0 Å². The highest BCUT2D eigenvalue weighted by Gasteiger charge is 2.33. The molecule has 23 heavy (non-hydrogen) atoms. The van der Waals surface area contributed by atoms with Gasteiger partial charge in [-0.05, 0) is 31.2 Å². The van der Waals surface area contributed by atoms with Gasteiger partial charge in [0.05, 0.1) is 16.6 Å². The van der Waals surface area contributed by atoms with E-state index in [0.29, 0.717) is 13.1 Å². The van der Waals surface area contributed by atoms with E-state index in [1.165, 1.54) is 12.1 Å². The van der Waals surface area contributed by atoms with Crippen molar-refractivity contribution < 1.29 is 22.4 Å². The van der Waals surface area contributed by atoms with Gasteiger partial charge in [0.25, 0.3) is 0 Å². The number of hydrogen-bond acceptors (Lipinski definition) is 4. The van der Waals surface area contributed by atoms with Crippen molar-refractivity contribution in [1.29, 1.82) is 0 Å². The van der Waals surface area contributed by atoms with E-state index in [2.05, 4.69) is 5.32 Å². The zero-order valence-corrected chi connectivity index (χ0v) is 13.6. The minimum Gasteiger partial charge on any atom is -0.355 e. The zero-order chi connectivity index (χ0) is 17.0. The largest absolute Gasteiger partial charge is 0.355 e. The fourth-order valence-corrected chi connectivity index (χ4v) is 3.62. The van der Waals surface area contributed by atoms with E-state index >= 15 is 0 Å². The van der Waals surface area contributed by atoms with Gasteiger partial charge in [-0.1, -0.05) is 0 Å². The van der Waals surface area contributed by atoms with Crippen LogP contribution in [-0.4, -0.2) is 50.5 Å². The molecule has 1 heterocycles. The van der Waals surface area contributed by atoms with Crippen molar-refractivity contribution >= 4 is 21.7 Å². The van der Waals surface area contributed by atoms with Crippen molar-refractivity contribution in [1.82, 2.24) is 10.2 Å². The lowest BCUT2D eigenvalue weighted by atomic mass is 10.1. The van der Waals surface area contributed by atoms with Gasteiger partial charge >= 0.3 is 0 Å². The summed E-state index contributed by atoms with van der Waals surface area (Å²) < 4.78 is 36.9. The Labute approximate surface area is 134 Å². The maximum atomic E-state index is 12.8. The number of amides is 2. The summed E-state index contributed by atoms with van der Waals surface area (Å²) >= 11 is 0. The van der Waals surface area contributed by atoms with Crippen LogP contribution in [0.15, 0.2) is 29.2 Å². The van der Waals surface area contributed by atoms with Gasteiger partial charge in [-0.3, -0.25) is 9.59 Å². The van der Waals surface area contributed by atoms with E-state index < -0.39 is 21.6 Å². The average Bonchev–Trinajstić information content (AvgIpc) is 2.88. The molecular formula is C15H19FN2O4S. The minimum absolute atomic E-state index is 0.0151. The third kappa shape index (κ3) is 4.28. The fourth-order valence-electron chi connectivity index (χ4n) is 2.47. The standard InChI is InChI=1S/C15H19FN2O4S/c1-2-18-10-11(9-14(18)19)15(20)17-7-8-23(21,22)13-5-3-12(16)4-6-13/h3-6,11H,2,7-10H2,1H3,(H,17,20).